The molecule has 1 atom stereocenters. The summed E-state index contributed by atoms with van der Waals surface area (Å²) in [5.74, 6) is 3.56. The largest absolute Gasteiger partial charge is 0.497 e. The monoisotopic (exact) mass is 421 g/mol. The van der Waals surface area contributed by atoms with Gasteiger partial charge in [0.05, 0.1) is 14.2 Å². The fourth-order valence-corrected chi connectivity index (χ4v) is 4.65. The van der Waals surface area contributed by atoms with E-state index in [1.165, 1.54) is 0 Å². The van der Waals surface area contributed by atoms with E-state index in [-0.39, 0.29) is 11.3 Å². The number of hydrogen-bond donors (Lipinski definition) is 0. The van der Waals surface area contributed by atoms with Crippen LogP contribution in [0, 0.1) is 0 Å². The van der Waals surface area contributed by atoms with E-state index in [1.807, 2.05) is 59.5 Å². The number of para-hydroxylation sites is 1. The molecule has 0 aromatic heterocycles. The lowest BCUT2D eigenvalue weighted by atomic mass is 10.1. The Bertz CT molecular complexity index is 1000. The summed E-state index contributed by atoms with van der Waals surface area (Å²) in [7, 11) is 3.16. The Morgan fingerprint density at radius 2 is 1.57 bits per heavy atom. The fourth-order valence-electron chi connectivity index (χ4n) is 3.41. The number of benzene rings is 3. The highest BCUT2D eigenvalue weighted by Crippen LogP contribution is 2.40. The number of rotatable bonds is 6. The van der Waals surface area contributed by atoms with E-state index >= 15 is 0 Å². The number of nitrogens with zero attached hydrogens (tertiary/aromatic N) is 1. The van der Waals surface area contributed by atoms with Crippen molar-refractivity contribution in [3.63, 3.8) is 0 Å². The zero-order valence-electron chi connectivity index (χ0n) is 16.9. The van der Waals surface area contributed by atoms with Crippen LogP contribution in [0.1, 0.15) is 21.3 Å². The molecule has 0 saturated carbocycles. The van der Waals surface area contributed by atoms with Crippen LogP contribution in [0.5, 0.6) is 23.0 Å². The van der Waals surface area contributed by atoms with Gasteiger partial charge in [0.1, 0.15) is 28.4 Å². The molecule has 30 heavy (non-hydrogen) atoms. The van der Waals surface area contributed by atoms with E-state index < -0.39 is 0 Å². The van der Waals surface area contributed by atoms with Gasteiger partial charge in [-0.2, -0.15) is 0 Å². The second-order valence-electron chi connectivity index (χ2n) is 6.81. The minimum atomic E-state index is -0.0750. The van der Waals surface area contributed by atoms with Crippen molar-refractivity contribution in [2.45, 2.75) is 5.37 Å². The number of amides is 1. The van der Waals surface area contributed by atoms with Crippen molar-refractivity contribution in [1.82, 2.24) is 4.90 Å². The maximum Gasteiger partial charge on any atom is 0.255 e. The van der Waals surface area contributed by atoms with E-state index in [2.05, 4.69) is 0 Å². The second-order valence-corrected chi connectivity index (χ2v) is 8.00. The second kappa shape index (κ2) is 9.13. The zero-order chi connectivity index (χ0) is 20.9. The average Bonchev–Trinajstić information content (AvgIpc) is 3.29. The lowest BCUT2D eigenvalue weighted by Crippen LogP contribution is -2.30. The summed E-state index contributed by atoms with van der Waals surface area (Å²) in [6.45, 7) is 0.678. The smallest absolute Gasteiger partial charge is 0.255 e. The summed E-state index contributed by atoms with van der Waals surface area (Å²) in [5.41, 5.74) is 1.59. The Morgan fingerprint density at radius 1 is 0.867 bits per heavy atom. The molecule has 1 heterocycles. The van der Waals surface area contributed by atoms with Gasteiger partial charge in [0.15, 0.2) is 0 Å². The fraction of sp³-hybridized carbons (Fsp3) is 0.208. The first-order valence-corrected chi connectivity index (χ1v) is 10.7. The topological polar surface area (TPSA) is 48.0 Å². The number of carbonyl (C=O) groups is 1. The van der Waals surface area contributed by atoms with Crippen LogP contribution < -0.4 is 14.2 Å². The minimum absolute atomic E-state index is 0.0448. The molecule has 0 aliphatic carbocycles. The van der Waals surface area contributed by atoms with Crippen molar-refractivity contribution in [3.8, 4) is 23.0 Å². The van der Waals surface area contributed by atoms with Gasteiger partial charge in [0.2, 0.25) is 0 Å². The van der Waals surface area contributed by atoms with Gasteiger partial charge < -0.3 is 19.1 Å². The minimum Gasteiger partial charge on any atom is -0.497 e. The molecule has 0 unspecified atom stereocenters. The highest BCUT2D eigenvalue weighted by molar-refractivity contribution is 7.99. The van der Waals surface area contributed by atoms with Gasteiger partial charge in [-0.25, -0.2) is 0 Å². The van der Waals surface area contributed by atoms with E-state index in [4.69, 9.17) is 14.2 Å². The Labute approximate surface area is 180 Å². The average molecular weight is 422 g/mol. The predicted octanol–water partition coefficient (Wildman–Crippen LogP) is 5.38. The van der Waals surface area contributed by atoms with E-state index in [0.29, 0.717) is 23.6 Å². The van der Waals surface area contributed by atoms with Gasteiger partial charge in [-0.05, 0) is 42.0 Å². The van der Waals surface area contributed by atoms with Crippen LogP contribution in [0.3, 0.4) is 0 Å². The molecule has 1 fully saturated rings. The molecule has 5 nitrogen and oxygen atoms in total. The van der Waals surface area contributed by atoms with Crippen molar-refractivity contribution < 1.29 is 19.0 Å². The number of thioether (sulfide) groups is 1. The number of methoxy groups -OCH3 is 2. The van der Waals surface area contributed by atoms with Crippen molar-refractivity contribution in [1.29, 1.82) is 0 Å². The Morgan fingerprint density at radius 3 is 2.27 bits per heavy atom. The molecule has 154 valence electrons. The summed E-state index contributed by atoms with van der Waals surface area (Å²) in [6.07, 6.45) is 0. The van der Waals surface area contributed by atoms with E-state index in [1.54, 1.807) is 44.2 Å². The number of carbonyl (C=O) groups excluding carboxylic acids is 1. The summed E-state index contributed by atoms with van der Waals surface area (Å²) in [4.78, 5) is 15.2. The van der Waals surface area contributed by atoms with Crippen LogP contribution in [0.15, 0.2) is 72.8 Å². The molecule has 0 radical (unpaired) electrons. The van der Waals surface area contributed by atoms with Crippen LogP contribution in [-0.4, -0.2) is 37.3 Å². The van der Waals surface area contributed by atoms with Crippen LogP contribution in [0.2, 0.25) is 0 Å². The number of hydrogen-bond acceptors (Lipinski definition) is 5. The first-order chi connectivity index (χ1) is 14.7. The third-order valence-corrected chi connectivity index (χ3v) is 6.13. The van der Waals surface area contributed by atoms with Crippen molar-refractivity contribution in [2.24, 2.45) is 0 Å². The lowest BCUT2D eigenvalue weighted by Gasteiger charge is -2.25. The Balaban J connectivity index is 1.58. The van der Waals surface area contributed by atoms with Crippen molar-refractivity contribution in [3.05, 3.63) is 83.9 Å². The molecule has 6 heteroatoms. The Kier molecular flexibility index (Phi) is 6.14. The molecule has 1 amide bonds. The van der Waals surface area contributed by atoms with Crippen LogP contribution in [0.25, 0.3) is 0 Å². The van der Waals surface area contributed by atoms with Gasteiger partial charge in [-0.15, -0.1) is 11.8 Å². The van der Waals surface area contributed by atoms with Gasteiger partial charge in [0, 0.05) is 23.9 Å². The Hall–Kier alpha value is -3.12. The zero-order valence-corrected chi connectivity index (χ0v) is 17.7. The predicted molar refractivity (Wildman–Crippen MR) is 119 cm³/mol. The first-order valence-electron chi connectivity index (χ1n) is 9.66. The van der Waals surface area contributed by atoms with Gasteiger partial charge in [-0.1, -0.05) is 30.3 Å². The molecule has 1 aliphatic heterocycles. The third-order valence-electron chi connectivity index (χ3n) is 4.87. The van der Waals surface area contributed by atoms with Crippen LogP contribution in [-0.2, 0) is 0 Å². The maximum atomic E-state index is 13.3. The summed E-state index contributed by atoms with van der Waals surface area (Å²) in [6, 6.07) is 22.9. The summed E-state index contributed by atoms with van der Waals surface area (Å²) in [5, 5.41) is -0.0750. The number of ether oxygens (including phenoxy) is 3. The molecule has 0 N–H and O–H groups in total. The molecule has 0 bridgehead atoms. The summed E-state index contributed by atoms with van der Waals surface area (Å²) >= 11 is 1.75. The van der Waals surface area contributed by atoms with Crippen LogP contribution in [0.4, 0.5) is 0 Å². The SMILES string of the molecule is COc1cc(OC)cc(C(=O)N2CCS[C@@H]2c2cccc(Oc3ccccc3)c2)c1. The summed E-state index contributed by atoms with van der Waals surface area (Å²) < 4.78 is 16.6. The molecule has 0 spiro atoms. The maximum absolute atomic E-state index is 13.3. The van der Waals surface area contributed by atoms with Crippen molar-refractivity contribution >= 4 is 17.7 Å². The van der Waals surface area contributed by atoms with Gasteiger partial charge >= 0.3 is 0 Å². The van der Waals surface area contributed by atoms with Gasteiger partial charge in [0.25, 0.3) is 5.91 Å². The normalized spacial score (nSPS) is 15.7. The van der Waals surface area contributed by atoms with Crippen LogP contribution >= 0.6 is 11.8 Å². The molecular formula is C24H23NO4S. The highest BCUT2D eigenvalue weighted by atomic mass is 32.2. The molecule has 3 aromatic carbocycles. The molecule has 4 rings (SSSR count). The third kappa shape index (κ3) is 4.39. The van der Waals surface area contributed by atoms with E-state index in [0.717, 1.165) is 22.8 Å². The quantitative estimate of drug-likeness (QED) is 0.534. The molecular weight excluding hydrogens is 398 g/mol. The molecule has 1 saturated heterocycles. The highest BCUT2D eigenvalue weighted by Gasteiger charge is 2.32. The lowest BCUT2D eigenvalue weighted by molar-refractivity contribution is 0.0759. The molecule has 1 aliphatic rings. The van der Waals surface area contributed by atoms with Gasteiger partial charge in [-0.3, -0.25) is 4.79 Å². The standard InChI is InChI=1S/C24H23NO4S/c1-27-21-14-18(15-22(16-21)28-2)23(26)25-11-12-30-24(25)17-7-6-10-20(13-17)29-19-8-4-3-5-9-19/h3-10,13-16,24H,11-12H2,1-2H3/t24-/m1/s1. The molecule has 3 aromatic rings. The van der Waals surface area contributed by atoms with Crippen molar-refractivity contribution in [2.75, 3.05) is 26.5 Å². The first kappa shape index (κ1) is 20.2. The van der Waals surface area contributed by atoms with E-state index in [9.17, 15) is 4.79 Å².